The van der Waals surface area contributed by atoms with Crippen molar-refractivity contribution in [2.24, 2.45) is 0 Å². The highest BCUT2D eigenvalue weighted by atomic mass is 79.9. The first-order valence-electron chi connectivity index (χ1n) is 4.53. The van der Waals surface area contributed by atoms with Gasteiger partial charge in [0.15, 0.2) is 11.6 Å². The fourth-order valence-electron chi connectivity index (χ4n) is 1.32. The Bertz CT molecular complexity index is 537. The summed E-state index contributed by atoms with van der Waals surface area (Å²) in [5.41, 5.74) is 0.648. The summed E-state index contributed by atoms with van der Waals surface area (Å²) in [6.07, 6.45) is 0. The molecule has 1 aromatic heterocycles. The third kappa shape index (κ3) is 2.89. The van der Waals surface area contributed by atoms with Crippen LogP contribution in [-0.2, 0) is 0 Å². The minimum absolute atomic E-state index is 0.202. The monoisotopic (exact) mass is 400 g/mol. The molecular weight excluding hydrogens is 397 g/mol. The number of hydrogen-bond acceptors (Lipinski definition) is 1. The minimum atomic E-state index is -0.853. The third-order valence-corrected chi connectivity index (χ3v) is 6.01. The maximum absolute atomic E-state index is 13.1. The molecule has 1 atom stereocenters. The number of alkyl halides is 1. The van der Waals surface area contributed by atoms with Gasteiger partial charge in [-0.05, 0) is 39.7 Å². The highest BCUT2D eigenvalue weighted by Crippen LogP contribution is 2.41. The molecule has 17 heavy (non-hydrogen) atoms. The fourth-order valence-corrected chi connectivity index (χ4v) is 3.76. The van der Waals surface area contributed by atoms with Crippen LogP contribution < -0.4 is 0 Å². The van der Waals surface area contributed by atoms with Gasteiger partial charge in [-0.25, -0.2) is 8.78 Å². The Hall–Kier alpha value is 0.0300. The Balaban J connectivity index is 2.36. The molecule has 1 aromatic carbocycles. The number of hydrogen-bond donors (Lipinski definition) is 0. The van der Waals surface area contributed by atoms with Crippen molar-refractivity contribution in [1.29, 1.82) is 0 Å². The molecular formula is C11H5Br2ClF2S. The molecule has 1 unspecified atom stereocenters. The summed E-state index contributed by atoms with van der Waals surface area (Å²) in [7, 11) is 0. The molecule has 0 fully saturated rings. The van der Waals surface area contributed by atoms with Gasteiger partial charge in [-0.3, -0.25) is 0 Å². The molecule has 0 bridgehead atoms. The van der Waals surface area contributed by atoms with Gasteiger partial charge >= 0.3 is 0 Å². The third-order valence-electron chi connectivity index (χ3n) is 2.15. The van der Waals surface area contributed by atoms with Gasteiger partial charge in [-0.2, -0.15) is 0 Å². The normalized spacial score (nSPS) is 12.8. The van der Waals surface area contributed by atoms with Crippen molar-refractivity contribution in [3.05, 3.63) is 55.1 Å². The zero-order valence-electron chi connectivity index (χ0n) is 8.18. The van der Waals surface area contributed by atoms with E-state index in [1.54, 1.807) is 6.07 Å². The molecule has 0 aliphatic heterocycles. The Kier molecular flexibility index (Phi) is 4.23. The van der Waals surface area contributed by atoms with Crippen LogP contribution in [0, 0.1) is 11.6 Å². The Labute approximate surface area is 123 Å². The molecule has 90 valence electrons. The van der Waals surface area contributed by atoms with Crippen LogP contribution in [0.2, 0.25) is 4.34 Å². The van der Waals surface area contributed by atoms with E-state index in [0.717, 1.165) is 15.4 Å². The molecule has 0 aliphatic rings. The summed E-state index contributed by atoms with van der Waals surface area (Å²) in [4.78, 5) is 0.722. The Morgan fingerprint density at radius 1 is 1.18 bits per heavy atom. The van der Waals surface area contributed by atoms with Crippen LogP contribution in [0.15, 0.2) is 28.7 Å². The van der Waals surface area contributed by atoms with E-state index >= 15 is 0 Å². The summed E-state index contributed by atoms with van der Waals surface area (Å²) in [6.45, 7) is 0. The van der Waals surface area contributed by atoms with Gasteiger partial charge in [0.25, 0.3) is 0 Å². The molecule has 0 radical (unpaired) electrons. The molecule has 0 saturated heterocycles. The van der Waals surface area contributed by atoms with Crippen molar-refractivity contribution >= 4 is 54.8 Å². The average Bonchev–Trinajstić information content (AvgIpc) is 2.62. The van der Waals surface area contributed by atoms with E-state index in [-0.39, 0.29) is 4.83 Å². The first-order chi connectivity index (χ1) is 7.99. The molecule has 0 amide bonds. The van der Waals surface area contributed by atoms with E-state index in [4.69, 9.17) is 11.6 Å². The average molecular weight is 402 g/mol. The summed E-state index contributed by atoms with van der Waals surface area (Å²) in [5, 5.41) is 0. The molecule has 1 heterocycles. The maximum Gasteiger partial charge on any atom is 0.159 e. The highest BCUT2D eigenvalue weighted by molar-refractivity contribution is 9.10. The van der Waals surface area contributed by atoms with E-state index in [9.17, 15) is 8.78 Å². The van der Waals surface area contributed by atoms with Crippen molar-refractivity contribution in [3.63, 3.8) is 0 Å². The number of halogens is 5. The van der Waals surface area contributed by atoms with E-state index < -0.39 is 11.6 Å². The predicted octanol–water partition coefficient (Wildman–Crippen LogP) is 5.93. The highest BCUT2D eigenvalue weighted by Gasteiger charge is 2.16. The lowest BCUT2D eigenvalue weighted by Crippen LogP contribution is -1.92. The molecule has 2 aromatic rings. The van der Waals surface area contributed by atoms with Crippen LogP contribution in [0.25, 0.3) is 0 Å². The van der Waals surface area contributed by atoms with Crippen LogP contribution in [-0.4, -0.2) is 0 Å². The minimum Gasteiger partial charge on any atom is -0.204 e. The first kappa shape index (κ1) is 13.5. The smallest absolute Gasteiger partial charge is 0.159 e. The van der Waals surface area contributed by atoms with Crippen molar-refractivity contribution in [2.45, 2.75) is 4.83 Å². The van der Waals surface area contributed by atoms with Crippen molar-refractivity contribution in [1.82, 2.24) is 0 Å². The van der Waals surface area contributed by atoms with E-state index in [0.29, 0.717) is 9.90 Å². The van der Waals surface area contributed by atoms with Crippen LogP contribution in [0.5, 0.6) is 0 Å². The van der Waals surface area contributed by atoms with Crippen LogP contribution in [0.3, 0.4) is 0 Å². The second kappa shape index (κ2) is 5.34. The number of thiophene rings is 1. The molecule has 0 saturated carbocycles. The van der Waals surface area contributed by atoms with Crippen molar-refractivity contribution in [2.75, 3.05) is 0 Å². The van der Waals surface area contributed by atoms with Gasteiger partial charge < -0.3 is 0 Å². The molecule has 0 aliphatic carbocycles. The lowest BCUT2D eigenvalue weighted by molar-refractivity contribution is 0.507. The zero-order chi connectivity index (χ0) is 12.6. The van der Waals surface area contributed by atoms with E-state index in [1.807, 2.05) is 6.07 Å². The molecule has 0 N–H and O–H groups in total. The summed E-state index contributed by atoms with van der Waals surface area (Å²) in [6, 6.07) is 5.69. The largest absolute Gasteiger partial charge is 0.204 e. The van der Waals surface area contributed by atoms with Crippen molar-refractivity contribution in [3.8, 4) is 0 Å². The van der Waals surface area contributed by atoms with Gasteiger partial charge in [0.1, 0.15) is 4.34 Å². The first-order valence-corrected chi connectivity index (χ1v) is 7.43. The number of rotatable bonds is 2. The lowest BCUT2D eigenvalue weighted by atomic mass is 10.1. The number of benzene rings is 1. The SMILES string of the molecule is Fc1ccc(C(Br)c2cc(Br)c(Cl)s2)cc1F. The standard InChI is InChI=1S/C11H5Br2ClF2S/c12-6-4-9(17-11(6)14)10(13)5-1-2-7(15)8(16)3-5/h1-4,10H. The van der Waals surface area contributed by atoms with E-state index in [1.165, 1.54) is 17.4 Å². The zero-order valence-corrected chi connectivity index (χ0v) is 12.9. The lowest BCUT2D eigenvalue weighted by Gasteiger charge is -2.08. The Morgan fingerprint density at radius 3 is 2.41 bits per heavy atom. The quantitative estimate of drug-likeness (QED) is 0.547. The maximum atomic E-state index is 13.1. The topological polar surface area (TPSA) is 0 Å². The summed E-state index contributed by atoms with van der Waals surface area (Å²) >= 11 is 14.1. The van der Waals surface area contributed by atoms with Gasteiger partial charge in [0.05, 0.1) is 4.83 Å². The van der Waals surface area contributed by atoms with Crippen molar-refractivity contribution < 1.29 is 8.78 Å². The second-order valence-corrected chi connectivity index (χ2v) is 6.76. The van der Waals surface area contributed by atoms with Gasteiger partial charge in [-0.15, -0.1) is 11.3 Å². The van der Waals surface area contributed by atoms with E-state index in [2.05, 4.69) is 31.9 Å². The predicted molar refractivity (Wildman–Crippen MR) is 74.2 cm³/mol. The molecule has 0 nitrogen and oxygen atoms in total. The fraction of sp³-hybridized carbons (Fsp3) is 0.0909. The Morgan fingerprint density at radius 2 is 1.88 bits per heavy atom. The molecule has 2 rings (SSSR count). The molecule has 0 spiro atoms. The molecule has 6 heteroatoms. The van der Waals surface area contributed by atoms with Crippen LogP contribution in [0.4, 0.5) is 8.78 Å². The second-order valence-electron chi connectivity index (χ2n) is 3.31. The van der Waals surface area contributed by atoms with Crippen LogP contribution >= 0.6 is 54.8 Å². The van der Waals surface area contributed by atoms with Gasteiger partial charge in [0.2, 0.25) is 0 Å². The summed E-state index contributed by atoms with van der Waals surface area (Å²) in [5.74, 6) is -1.70. The van der Waals surface area contributed by atoms with Gasteiger partial charge in [0, 0.05) is 9.35 Å². The summed E-state index contributed by atoms with van der Waals surface area (Å²) < 4.78 is 27.4. The van der Waals surface area contributed by atoms with Crippen LogP contribution in [0.1, 0.15) is 15.3 Å². The van der Waals surface area contributed by atoms with Gasteiger partial charge in [-0.1, -0.05) is 33.6 Å².